The molecule has 5 nitrogen and oxygen atoms in total. The zero-order valence-corrected chi connectivity index (χ0v) is 12.4. The minimum atomic E-state index is -2.51. The molecule has 118 valence electrons. The summed E-state index contributed by atoms with van der Waals surface area (Å²) in [4.78, 5) is 4.11. The monoisotopic (exact) mass is 308 g/mol. The zero-order chi connectivity index (χ0) is 15.9. The number of rotatable bonds is 7. The normalized spacial score (nSPS) is 14.6. The third-order valence-electron chi connectivity index (χ3n) is 3.21. The molecule has 2 rings (SSSR count). The Kier molecular flexibility index (Phi) is 5.67. The Balaban J connectivity index is 1.96. The van der Waals surface area contributed by atoms with Crippen LogP contribution in [0.2, 0.25) is 0 Å². The maximum atomic E-state index is 12.2. The van der Waals surface area contributed by atoms with Crippen LogP contribution in [0.25, 0.3) is 0 Å². The Hall–Kier alpha value is -2.20. The van der Waals surface area contributed by atoms with Crippen LogP contribution in [-0.2, 0) is 6.54 Å². The quantitative estimate of drug-likeness (QED) is 0.774. The van der Waals surface area contributed by atoms with E-state index >= 15 is 0 Å². The summed E-state index contributed by atoms with van der Waals surface area (Å²) in [6.07, 6.45) is 3.56. The highest BCUT2D eigenvalue weighted by atomic mass is 19.3. The van der Waals surface area contributed by atoms with E-state index in [2.05, 4.69) is 16.1 Å². The summed E-state index contributed by atoms with van der Waals surface area (Å²) in [6, 6.07) is 4.01. The summed E-state index contributed by atoms with van der Waals surface area (Å²) in [6.45, 7) is 3.20. The summed E-state index contributed by atoms with van der Waals surface area (Å²) in [7, 11) is 0. The lowest BCUT2D eigenvalue weighted by molar-refractivity contribution is 0.0452. The molecule has 22 heavy (non-hydrogen) atoms. The van der Waals surface area contributed by atoms with E-state index in [0.717, 1.165) is 17.7 Å². The first-order chi connectivity index (χ1) is 10.6. The molecule has 0 N–H and O–H groups in total. The molecular formula is C15H18F2N4O. The van der Waals surface area contributed by atoms with Crippen LogP contribution in [-0.4, -0.2) is 41.1 Å². The number of ether oxygens (including phenoxy) is 1. The van der Waals surface area contributed by atoms with Crippen LogP contribution in [0.4, 0.5) is 8.78 Å². The molecule has 1 aromatic rings. The fourth-order valence-electron chi connectivity index (χ4n) is 2.24. The number of hydrogen-bond acceptors (Lipinski definition) is 5. The van der Waals surface area contributed by atoms with Gasteiger partial charge in [-0.1, -0.05) is 6.08 Å². The van der Waals surface area contributed by atoms with Gasteiger partial charge < -0.3 is 9.75 Å². The van der Waals surface area contributed by atoms with E-state index in [4.69, 9.17) is 10.00 Å². The van der Waals surface area contributed by atoms with Gasteiger partial charge in [-0.15, -0.1) is 0 Å². The molecule has 0 spiro atoms. The lowest BCUT2D eigenvalue weighted by Gasteiger charge is -2.28. The van der Waals surface area contributed by atoms with Crippen LogP contribution in [0.1, 0.15) is 17.5 Å². The molecule has 0 fully saturated rings. The standard InChI is InChI=1S/C15H18F2N4O/c1-12-8-13(9-19-15(12)22-11-14(16)17)10-21-7-3-6-20(21)5-2-4-18/h3,6,8-9,14H,2,5,7,10-11H2,1H3. The number of hydrazine groups is 1. The fraction of sp³-hybridized carbons (Fsp3) is 0.467. The number of halogens is 2. The van der Waals surface area contributed by atoms with Gasteiger partial charge in [-0.2, -0.15) is 5.26 Å². The van der Waals surface area contributed by atoms with Gasteiger partial charge >= 0.3 is 0 Å². The first kappa shape index (κ1) is 16.2. The van der Waals surface area contributed by atoms with Crippen LogP contribution in [0.5, 0.6) is 5.88 Å². The fourth-order valence-corrected chi connectivity index (χ4v) is 2.24. The Bertz CT molecular complexity index is 571. The smallest absolute Gasteiger partial charge is 0.272 e. The van der Waals surface area contributed by atoms with Crippen LogP contribution < -0.4 is 4.74 Å². The van der Waals surface area contributed by atoms with Gasteiger partial charge in [0.05, 0.1) is 12.5 Å². The van der Waals surface area contributed by atoms with Gasteiger partial charge in [0.15, 0.2) is 6.61 Å². The van der Waals surface area contributed by atoms with Crippen LogP contribution in [0.3, 0.4) is 0 Å². The lowest BCUT2D eigenvalue weighted by atomic mass is 10.2. The van der Waals surface area contributed by atoms with E-state index in [0.29, 0.717) is 19.5 Å². The molecule has 1 aliphatic rings. The van der Waals surface area contributed by atoms with E-state index in [-0.39, 0.29) is 5.88 Å². The molecule has 0 unspecified atom stereocenters. The highest BCUT2D eigenvalue weighted by Crippen LogP contribution is 2.19. The number of aryl methyl sites for hydroxylation is 1. The molecular weight excluding hydrogens is 290 g/mol. The second-order valence-electron chi connectivity index (χ2n) is 4.97. The minimum Gasteiger partial charge on any atom is -0.471 e. The molecule has 0 atom stereocenters. The van der Waals surface area contributed by atoms with Crippen molar-refractivity contribution >= 4 is 0 Å². The number of nitrogens with zero attached hydrogens (tertiary/aromatic N) is 4. The summed E-state index contributed by atoms with van der Waals surface area (Å²) in [5.41, 5.74) is 1.70. The van der Waals surface area contributed by atoms with E-state index < -0.39 is 13.0 Å². The maximum absolute atomic E-state index is 12.2. The maximum Gasteiger partial charge on any atom is 0.272 e. The summed E-state index contributed by atoms with van der Waals surface area (Å²) in [5, 5.41) is 12.8. The van der Waals surface area contributed by atoms with Crippen molar-refractivity contribution in [1.29, 1.82) is 5.26 Å². The minimum absolute atomic E-state index is 0.241. The van der Waals surface area contributed by atoms with Crippen molar-refractivity contribution < 1.29 is 13.5 Å². The number of alkyl halides is 2. The average molecular weight is 308 g/mol. The Morgan fingerprint density at radius 3 is 3.00 bits per heavy atom. The van der Waals surface area contributed by atoms with Crippen molar-refractivity contribution in [3.05, 3.63) is 35.7 Å². The van der Waals surface area contributed by atoms with Gasteiger partial charge in [0.25, 0.3) is 6.43 Å². The third-order valence-corrected chi connectivity index (χ3v) is 3.21. The van der Waals surface area contributed by atoms with Gasteiger partial charge in [0, 0.05) is 37.6 Å². The predicted molar refractivity (Wildman–Crippen MR) is 77.0 cm³/mol. The molecule has 0 saturated heterocycles. The highest BCUT2D eigenvalue weighted by Gasteiger charge is 2.16. The number of hydrogen-bond donors (Lipinski definition) is 0. The number of aromatic nitrogens is 1. The summed E-state index contributed by atoms with van der Waals surface area (Å²) < 4.78 is 29.3. The second kappa shape index (κ2) is 7.71. The first-order valence-corrected chi connectivity index (χ1v) is 7.01. The van der Waals surface area contributed by atoms with Gasteiger partial charge in [0.2, 0.25) is 5.88 Å². The van der Waals surface area contributed by atoms with Crippen LogP contribution in [0.15, 0.2) is 24.5 Å². The first-order valence-electron chi connectivity index (χ1n) is 7.01. The van der Waals surface area contributed by atoms with Crippen molar-refractivity contribution in [2.75, 3.05) is 19.7 Å². The van der Waals surface area contributed by atoms with E-state index in [1.54, 1.807) is 13.1 Å². The van der Waals surface area contributed by atoms with Crippen LogP contribution in [0, 0.1) is 18.3 Å². The van der Waals surface area contributed by atoms with E-state index in [1.807, 2.05) is 23.4 Å². The van der Waals surface area contributed by atoms with Crippen molar-refractivity contribution in [2.45, 2.75) is 26.3 Å². The van der Waals surface area contributed by atoms with E-state index in [9.17, 15) is 8.78 Å². The Morgan fingerprint density at radius 2 is 2.32 bits per heavy atom. The molecule has 0 aliphatic carbocycles. The van der Waals surface area contributed by atoms with Crippen molar-refractivity contribution in [2.24, 2.45) is 0 Å². The zero-order valence-electron chi connectivity index (χ0n) is 12.4. The number of nitriles is 1. The number of pyridine rings is 1. The molecule has 0 radical (unpaired) electrons. The average Bonchev–Trinajstić information content (AvgIpc) is 2.91. The Labute approximate surface area is 128 Å². The van der Waals surface area contributed by atoms with E-state index in [1.165, 1.54) is 0 Å². The van der Waals surface area contributed by atoms with Crippen molar-refractivity contribution in [1.82, 2.24) is 15.0 Å². The topological polar surface area (TPSA) is 52.4 Å². The van der Waals surface area contributed by atoms with Gasteiger partial charge in [0.1, 0.15) is 0 Å². The molecule has 2 heterocycles. The lowest BCUT2D eigenvalue weighted by Crippen LogP contribution is -2.35. The molecule has 0 aromatic carbocycles. The molecule has 1 aromatic heterocycles. The highest BCUT2D eigenvalue weighted by molar-refractivity contribution is 5.28. The van der Waals surface area contributed by atoms with Crippen LogP contribution >= 0.6 is 0 Å². The van der Waals surface area contributed by atoms with Gasteiger partial charge in [-0.3, -0.25) is 0 Å². The van der Waals surface area contributed by atoms with Crippen molar-refractivity contribution in [3.63, 3.8) is 0 Å². The van der Waals surface area contributed by atoms with Crippen molar-refractivity contribution in [3.8, 4) is 11.9 Å². The molecule has 7 heteroatoms. The third kappa shape index (κ3) is 4.40. The van der Waals surface area contributed by atoms with Gasteiger partial charge in [-0.05, 0) is 18.6 Å². The Morgan fingerprint density at radius 1 is 1.50 bits per heavy atom. The van der Waals surface area contributed by atoms with Gasteiger partial charge in [-0.25, -0.2) is 18.8 Å². The largest absolute Gasteiger partial charge is 0.471 e. The molecule has 0 amide bonds. The molecule has 1 aliphatic heterocycles. The second-order valence-corrected chi connectivity index (χ2v) is 4.97. The SMILES string of the molecule is Cc1cc(CN2CC=CN2CCC#N)cnc1OCC(F)F. The summed E-state index contributed by atoms with van der Waals surface area (Å²) >= 11 is 0. The summed E-state index contributed by atoms with van der Waals surface area (Å²) in [5.74, 6) is 0.241. The molecule has 0 saturated carbocycles. The molecule has 0 bridgehead atoms. The predicted octanol–water partition coefficient (Wildman–Crippen LogP) is 2.49.